The van der Waals surface area contributed by atoms with Crippen LogP contribution in [-0.2, 0) is 4.79 Å². The molecule has 0 aliphatic rings. The zero-order valence-corrected chi connectivity index (χ0v) is 11.6. The zero-order chi connectivity index (χ0) is 15.3. The van der Waals surface area contributed by atoms with Gasteiger partial charge in [-0.05, 0) is 31.0 Å². The number of carboxylic acids is 1. The largest absolute Gasteiger partial charge is 0.507 e. The minimum atomic E-state index is -1.25. The highest BCUT2D eigenvalue weighted by Crippen LogP contribution is 2.28. The second-order valence-corrected chi connectivity index (χ2v) is 4.68. The molecule has 6 nitrogen and oxygen atoms in total. The van der Waals surface area contributed by atoms with E-state index in [9.17, 15) is 14.7 Å². The van der Waals surface area contributed by atoms with Gasteiger partial charge in [-0.1, -0.05) is 13.8 Å². The van der Waals surface area contributed by atoms with Gasteiger partial charge in [0, 0.05) is 12.2 Å². The maximum Gasteiger partial charge on any atom is 0.339 e. The van der Waals surface area contributed by atoms with Gasteiger partial charge in [0.25, 0.3) is 0 Å². The fourth-order valence-corrected chi connectivity index (χ4v) is 2.00. The molecule has 1 aromatic carbocycles. The molecular weight excluding hydrogens is 260 g/mol. The number of amides is 1. The smallest absolute Gasteiger partial charge is 0.339 e. The minimum Gasteiger partial charge on any atom is -0.507 e. The van der Waals surface area contributed by atoms with E-state index in [1.54, 1.807) is 0 Å². The topological polar surface area (TPSA) is 113 Å². The Morgan fingerprint density at radius 2 is 1.90 bits per heavy atom. The first kappa shape index (κ1) is 16.0. The van der Waals surface area contributed by atoms with E-state index in [1.165, 1.54) is 18.2 Å². The number of rotatable bonds is 6. The molecule has 5 N–H and O–H groups in total. The van der Waals surface area contributed by atoms with E-state index in [0.29, 0.717) is 18.5 Å². The van der Waals surface area contributed by atoms with E-state index < -0.39 is 11.4 Å². The van der Waals surface area contributed by atoms with Gasteiger partial charge in [0.2, 0.25) is 5.91 Å². The maximum absolute atomic E-state index is 12.3. The molecular formula is C14H20N2O4. The van der Waals surface area contributed by atoms with Crippen molar-refractivity contribution >= 4 is 17.6 Å². The molecule has 6 heteroatoms. The Balaban J connectivity index is 3.02. The van der Waals surface area contributed by atoms with Crippen LogP contribution < -0.4 is 11.1 Å². The molecule has 0 fully saturated rings. The van der Waals surface area contributed by atoms with Gasteiger partial charge < -0.3 is 21.3 Å². The molecule has 1 amide bonds. The highest BCUT2D eigenvalue weighted by atomic mass is 16.4. The highest BCUT2D eigenvalue weighted by molar-refractivity contribution is 5.98. The lowest BCUT2D eigenvalue weighted by Crippen LogP contribution is -2.41. The summed E-state index contributed by atoms with van der Waals surface area (Å²) in [4.78, 5) is 23.2. The monoisotopic (exact) mass is 280 g/mol. The first-order valence-corrected chi connectivity index (χ1v) is 6.48. The van der Waals surface area contributed by atoms with E-state index in [2.05, 4.69) is 5.32 Å². The van der Waals surface area contributed by atoms with Gasteiger partial charge in [-0.25, -0.2) is 4.79 Å². The number of aromatic hydroxyl groups is 1. The van der Waals surface area contributed by atoms with Crippen LogP contribution in [0.15, 0.2) is 18.2 Å². The predicted molar refractivity (Wildman–Crippen MR) is 75.8 cm³/mol. The number of carbonyl (C=O) groups excluding carboxylic acids is 1. The van der Waals surface area contributed by atoms with E-state index in [-0.39, 0.29) is 23.8 Å². The number of carbonyl (C=O) groups is 2. The zero-order valence-electron chi connectivity index (χ0n) is 11.6. The molecule has 1 aromatic rings. The fraction of sp³-hybridized carbons (Fsp3) is 0.429. The Morgan fingerprint density at radius 3 is 2.35 bits per heavy atom. The number of carboxylic acid groups (broad SMARTS) is 1. The van der Waals surface area contributed by atoms with Crippen LogP contribution >= 0.6 is 0 Å². The second-order valence-electron chi connectivity index (χ2n) is 4.68. The molecule has 0 aromatic heterocycles. The van der Waals surface area contributed by atoms with Crippen molar-refractivity contribution in [3.63, 3.8) is 0 Å². The summed E-state index contributed by atoms with van der Waals surface area (Å²) in [6, 6.07) is 3.91. The molecule has 1 rings (SSSR count). The average Bonchev–Trinajstić information content (AvgIpc) is 2.43. The number of nitrogens with two attached hydrogens (primary N) is 1. The summed E-state index contributed by atoms with van der Waals surface area (Å²) >= 11 is 0. The van der Waals surface area contributed by atoms with Gasteiger partial charge >= 0.3 is 5.97 Å². The Kier molecular flexibility index (Phi) is 5.10. The normalized spacial score (nSPS) is 11.2. The van der Waals surface area contributed by atoms with Crippen LogP contribution in [0.1, 0.15) is 37.0 Å². The van der Waals surface area contributed by atoms with Crippen LogP contribution in [0.25, 0.3) is 0 Å². The molecule has 0 radical (unpaired) electrons. The maximum atomic E-state index is 12.3. The van der Waals surface area contributed by atoms with Gasteiger partial charge in [0.1, 0.15) is 11.3 Å². The lowest BCUT2D eigenvalue weighted by molar-refractivity contribution is -0.125. The summed E-state index contributed by atoms with van der Waals surface area (Å²) in [6.07, 6.45) is 1.19. The van der Waals surface area contributed by atoms with Crippen molar-refractivity contribution in [1.29, 1.82) is 0 Å². The Morgan fingerprint density at radius 1 is 1.30 bits per heavy atom. The summed E-state index contributed by atoms with van der Waals surface area (Å²) in [5.74, 6) is -1.84. The van der Waals surface area contributed by atoms with Gasteiger partial charge in [-0.2, -0.15) is 0 Å². The molecule has 0 spiro atoms. The van der Waals surface area contributed by atoms with Crippen LogP contribution in [0.3, 0.4) is 0 Å². The molecule has 0 saturated heterocycles. The summed E-state index contributed by atoms with van der Waals surface area (Å²) in [5.41, 5.74) is 5.09. The average molecular weight is 280 g/mol. The minimum absolute atomic E-state index is 0.218. The quantitative estimate of drug-likeness (QED) is 0.593. The van der Waals surface area contributed by atoms with Gasteiger partial charge in [0.05, 0.1) is 5.41 Å². The van der Waals surface area contributed by atoms with E-state index >= 15 is 0 Å². The van der Waals surface area contributed by atoms with Crippen molar-refractivity contribution in [2.75, 3.05) is 11.9 Å². The number of hydrogen-bond acceptors (Lipinski definition) is 4. The number of benzene rings is 1. The van der Waals surface area contributed by atoms with Crippen LogP contribution in [0.4, 0.5) is 5.69 Å². The summed E-state index contributed by atoms with van der Waals surface area (Å²) < 4.78 is 0. The Hall–Kier alpha value is -2.08. The van der Waals surface area contributed by atoms with E-state index in [4.69, 9.17) is 10.8 Å². The van der Waals surface area contributed by atoms with Crippen molar-refractivity contribution in [1.82, 2.24) is 0 Å². The Labute approximate surface area is 117 Å². The standard InChI is InChI=1S/C14H20N2O4/c1-3-14(4-2,8-15)13(20)16-9-5-6-11(17)10(7-9)12(18)19/h5-7,17H,3-4,8,15H2,1-2H3,(H,16,20)(H,18,19). The van der Waals surface area contributed by atoms with Crippen molar-refractivity contribution in [3.05, 3.63) is 23.8 Å². The van der Waals surface area contributed by atoms with Gasteiger partial charge in [0.15, 0.2) is 0 Å². The number of anilines is 1. The highest BCUT2D eigenvalue weighted by Gasteiger charge is 2.33. The van der Waals surface area contributed by atoms with E-state index in [1.807, 2.05) is 13.8 Å². The third kappa shape index (κ3) is 3.08. The SMILES string of the molecule is CCC(CC)(CN)C(=O)Nc1ccc(O)c(C(=O)O)c1. The fourth-order valence-electron chi connectivity index (χ4n) is 2.00. The van der Waals surface area contributed by atoms with Gasteiger partial charge in [-0.3, -0.25) is 4.79 Å². The van der Waals surface area contributed by atoms with Crippen LogP contribution in [0.5, 0.6) is 5.75 Å². The van der Waals surface area contributed by atoms with Crippen LogP contribution in [0.2, 0.25) is 0 Å². The number of phenols is 1. The predicted octanol–water partition coefficient (Wildman–Crippen LogP) is 1.79. The third-order valence-electron chi connectivity index (χ3n) is 3.71. The number of aromatic carboxylic acids is 1. The van der Waals surface area contributed by atoms with Gasteiger partial charge in [-0.15, -0.1) is 0 Å². The van der Waals surface area contributed by atoms with Crippen molar-refractivity contribution in [3.8, 4) is 5.75 Å². The summed E-state index contributed by atoms with van der Waals surface area (Å²) in [5, 5.41) is 21.0. The molecule has 0 unspecified atom stereocenters. The van der Waals surface area contributed by atoms with Crippen molar-refractivity contribution < 1.29 is 19.8 Å². The Bertz CT molecular complexity index is 502. The molecule has 0 bridgehead atoms. The molecule has 20 heavy (non-hydrogen) atoms. The molecule has 0 aliphatic heterocycles. The van der Waals surface area contributed by atoms with E-state index in [0.717, 1.165) is 0 Å². The molecule has 0 atom stereocenters. The van der Waals surface area contributed by atoms with Crippen LogP contribution in [-0.4, -0.2) is 28.6 Å². The van der Waals surface area contributed by atoms with Crippen molar-refractivity contribution in [2.24, 2.45) is 11.1 Å². The van der Waals surface area contributed by atoms with Crippen molar-refractivity contribution in [2.45, 2.75) is 26.7 Å². The second kappa shape index (κ2) is 6.38. The third-order valence-corrected chi connectivity index (χ3v) is 3.71. The first-order valence-electron chi connectivity index (χ1n) is 6.48. The molecule has 0 saturated carbocycles. The number of nitrogens with one attached hydrogen (secondary N) is 1. The lowest BCUT2D eigenvalue weighted by atomic mass is 9.81. The lowest BCUT2D eigenvalue weighted by Gasteiger charge is -2.28. The molecule has 0 aliphatic carbocycles. The molecule has 0 heterocycles. The number of hydrogen-bond donors (Lipinski definition) is 4. The summed E-state index contributed by atoms with van der Waals surface area (Å²) in [7, 11) is 0. The molecule has 110 valence electrons. The van der Waals surface area contributed by atoms with Crippen LogP contribution in [0, 0.1) is 5.41 Å². The first-order chi connectivity index (χ1) is 9.40. The summed E-state index contributed by atoms with van der Waals surface area (Å²) in [6.45, 7) is 3.99.